The molecule has 0 aromatic carbocycles. The summed E-state index contributed by atoms with van der Waals surface area (Å²) < 4.78 is 22.6. The van der Waals surface area contributed by atoms with Gasteiger partial charge in [-0.2, -0.15) is 0 Å². The standard InChI is InChI=1S/C72H111NO8/c1-6-8-10-12-14-16-18-20-22-24-26-28-30-32-34-35-37-38-40-42-44-46-48-50-52-54-56-58-60-62-69(74)79-66-68(67-80-72(71(76)77)78-65-64-73(3,4)5)81-70(75)63-61-59-57-55-53-51-49-47-45-43-41-39-36-33-31-29-27-25-23-21-19-17-15-13-11-9-7-2/h8-11,14-17,20-23,26-29,32-34,36-38,41-44,47,49,53,55,68,72H,6-7,12-13,18-19,24-25,30-31,35,39-40,45-46,48,50-52,54,56-67H2,1-5H3/b10-8-,11-9-,16-14-,17-15-,22-20-,23-21-,28-26-,29-27-,34-32-,36-33-,38-37-,43-41-,44-42-,49-47-,55-53-. The van der Waals surface area contributed by atoms with E-state index >= 15 is 0 Å². The summed E-state index contributed by atoms with van der Waals surface area (Å²) in [5.74, 6) is -2.39. The maximum Gasteiger partial charge on any atom is 0.306 e. The molecule has 452 valence electrons. The second kappa shape index (κ2) is 60.5. The molecule has 0 spiro atoms. The van der Waals surface area contributed by atoms with Gasteiger partial charge in [-0.15, -0.1) is 0 Å². The zero-order valence-corrected chi connectivity index (χ0v) is 51.3. The summed E-state index contributed by atoms with van der Waals surface area (Å²) in [6.45, 7) is 4.42. The lowest BCUT2D eigenvalue weighted by Gasteiger charge is -2.26. The van der Waals surface area contributed by atoms with Crippen molar-refractivity contribution in [2.75, 3.05) is 47.5 Å². The van der Waals surface area contributed by atoms with Gasteiger partial charge in [0.05, 0.1) is 40.3 Å². The van der Waals surface area contributed by atoms with Gasteiger partial charge in [0.2, 0.25) is 0 Å². The number of rotatable bonds is 54. The van der Waals surface area contributed by atoms with Crippen LogP contribution in [0, 0.1) is 0 Å². The molecule has 0 N–H and O–H groups in total. The molecule has 0 radical (unpaired) electrons. The van der Waals surface area contributed by atoms with Crippen LogP contribution in [0.15, 0.2) is 182 Å². The van der Waals surface area contributed by atoms with Gasteiger partial charge in [-0.3, -0.25) is 9.59 Å². The number of unbranched alkanes of at least 4 members (excludes halogenated alkanes) is 9. The SMILES string of the molecule is CC/C=C\C/C=C\C/C=C\C/C=C\C/C=C\C/C=C\C/C=C\C/C=C\CCCCC(=O)OC(COC(=O)CCCCCCCCC/C=C\C/C=C\C/C=C\C/C=C\C/C=C\C/C=C\C/C=C\CC)COC(OCC[N+](C)(C)C)C(=O)[O-]. The van der Waals surface area contributed by atoms with Crippen LogP contribution in [0.1, 0.15) is 194 Å². The number of quaternary nitrogens is 1. The highest BCUT2D eigenvalue weighted by atomic mass is 16.7. The molecule has 0 aliphatic rings. The first-order valence-electron chi connectivity index (χ1n) is 30.9. The van der Waals surface area contributed by atoms with E-state index in [1.54, 1.807) is 0 Å². The molecule has 0 bridgehead atoms. The van der Waals surface area contributed by atoms with Crippen LogP contribution in [0.5, 0.6) is 0 Å². The zero-order chi connectivity index (χ0) is 59.1. The van der Waals surface area contributed by atoms with E-state index in [0.717, 1.165) is 135 Å². The molecule has 9 heteroatoms. The monoisotopic (exact) mass is 1120 g/mol. The molecular weight excluding hydrogens is 1010 g/mol. The fourth-order valence-electron chi connectivity index (χ4n) is 7.47. The quantitative estimate of drug-likeness (QED) is 0.0195. The maximum absolute atomic E-state index is 12.9. The Bertz CT molecular complexity index is 1980. The number of hydrogen-bond donors (Lipinski definition) is 0. The molecule has 0 amide bonds. The molecule has 0 aliphatic carbocycles. The van der Waals surface area contributed by atoms with E-state index < -0.39 is 30.3 Å². The summed E-state index contributed by atoms with van der Waals surface area (Å²) in [6, 6.07) is 0. The van der Waals surface area contributed by atoms with Crippen molar-refractivity contribution in [3.8, 4) is 0 Å². The van der Waals surface area contributed by atoms with Crippen LogP contribution in [0.25, 0.3) is 0 Å². The number of carbonyl (C=O) groups excluding carboxylic acids is 3. The van der Waals surface area contributed by atoms with Crippen molar-refractivity contribution < 1.29 is 42.9 Å². The highest BCUT2D eigenvalue weighted by Gasteiger charge is 2.22. The Labute approximate surface area is 494 Å². The van der Waals surface area contributed by atoms with E-state index in [2.05, 4.69) is 196 Å². The van der Waals surface area contributed by atoms with Gasteiger partial charge in [0.1, 0.15) is 13.2 Å². The number of ether oxygens (including phenoxy) is 4. The van der Waals surface area contributed by atoms with E-state index in [1.807, 2.05) is 21.1 Å². The first kappa shape index (κ1) is 75.4. The molecule has 0 aliphatic heterocycles. The summed E-state index contributed by atoms with van der Waals surface area (Å²) in [5.41, 5.74) is 0. The molecule has 81 heavy (non-hydrogen) atoms. The minimum atomic E-state index is -1.65. The number of nitrogens with zero attached hydrogens (tertiary/aromatic N) is 1. The fourth-order valence-corrected chi connectivity index (χ4v) is 7.47. The molecule has 0 saturated heterocycles. The molecule has 9 nitrogen and oxygen atoms in total. The van der Waals surface area contributed by atoms with Gasteiger partial charge in [-0.05, 0) is 135 Å². The average Bonchev–Trinajstić information content (AvgIpc) is 3.44. The smallest absolute Gasteiger partial charge is 0.306 e. The van der Waals surface area contributed by atoms with Crippen molar-refractivity contribution in [2.24, 2.45) is 0 Å². The van der Waals surface area contributed by atoms with Crippen LogP contribution >= 0.6 is 0 Å². The molecule has 2 atom stereocenters. The van der Waals surface area contributed by atoms with Crippen LogP contribution in [0.4, 0.5) is 0 Å². The molecule has 0 saturated carbocycles. The molecule has 2 unspecified atom stereocenters. The van der Waals surface area contributed by atoms with Gasteiger partial charge in [0.15, 0.2) is 12.4 Å². The summed E-state index contributed by atoms with van der Waals surface area (Å²) in [6.07, 6.45) is 89.4. The van der Waals surface area contributed by atoms with Crippen LogP contribution in [0.2, 0.25) is 0 Å². The lowest BCUT2D eigenvalue weighted by Crippen LogP contribution is -2.44. The van der Waals surface area contributed by atoms with Gasteiger partial charge >= 0.3 is 11.9 Å². The van der Waals surface area contributed by atoms with E-state index in [0.29, 0.717) is 23.9 Å². The van der Waals surface area contributed by atoms with Crippen molar-refractivity contribution in [1.29, 1.82) is 0 Å². The lowest BCUT2D eigenvalue weighted by molar-refractivity contribution is -0.870. The zero-order valence-electron chi connectivity index (χ0n) is 51.3. The Hall–Kier alpha value is -5.61. The molecule has 0 fully saturated rings. The van der Waals surface area contributed by atoms with Gasteiger partial charge in [-0.1, -0.05) is 228 Å². The van der Waals surface area contributed by atoms with E-state index in [9.17, 15) is 19.5 Å². The van der Waals surface area contributed by atoms with Crippen molar-refractivity contribution in [3.63, 3.8) is 0 Å². The third-order valence-electron chi connectivity index (χ3n) is 12.1. The van der Waals surface area contributed by atoms with Crippen molar-refractivity contribution in [3.05, 3.63) is 182 Å². The minimum absolute atomic E-state index is 0.125. The molecule has 0 heterocycles. The first-order valence-corrected chi connectivity index (χ1v) is 30.9. The van der Waals surface area contributed by atoms with Crippen molar-refractivity contribution in [2.45, 2.75) is 206 Å². The van der Waals surface area contributed by atoms with Gasteiger partial charge < -0.3 is 33.3 Å². The highest BCUT2D eigenvalue weighted by Crippen LogP contribution is 2.13. The Morgan fingerprint density at radius 3 is 1.01 bits per heavy atom. The van der Waals surface area contributed by atoms with Gasteiger partial charge in [0, 0.05) is 12.8 Å². The number of hydrogen-bond acceptors (Lipinski definition) is 8. The Kier molecular flexibility index (Phi) is 56.3. The Morgan fingerprint density at radius 2 is 0.667 bits per heavy atom. The second-order valence-electron chi connectivity index (χ2n) is 20.9. The number of carboxylic acid groups (broad SMARTS) is 1. The van der Waals surface area contributed by atoms with E-state index in [4.69, 9.17) is 18.9 Å². The second-order valence-corrected chi connectivity index (χ2v) is 20.9. The first-order chi connectivity index (χ1) is 39.6. The number of carboxylic acids is 1. The Balaban J connectivity index is 4.39. The predicted molar refractivity (Wildman–Crippen MR) is 342 cm³/mol. The molecule has 0 aromatic rings. The van der Waals surface area contributed by atoms with E-state index in [-0.39, 0.29) is 32.7 Å². The Morgan fingerprint density at radius 1 is 0.370 bits per heavy atom. The average molecular weight is 1120 g/mol. The minimum Gasteiger partial charge on any atom is -0.545 e. The predicted octanol–water partition coefficient (Wildman–Crippen LogP) is 17.6. The molecular formula is C72H111NO8. The highest BCUT2D eigenvalue weighted by molar-refractivity contribution is 5.70. The van der Waals surface area contributed by atoms with Crippen LogP contribution < -0.4 is 5.11 Å². The normalized spacial score (nSPS) is 14.0. The van der Waals surface area contributed by atoms with Crippen LogP contribution in [0.3, 0.4) is 0 Å². The third-order valence-corrected chi connectivity index (χ3v) is 12.1. The number of aliphatic carboxylic acids is 1. The number of allylic oxidation sites excluding steroid dienone is 30. The summed E-state index contributed by atoms with van der Waals surface area (Å²) in [4.78, 5) is 37.4. The molecule has 0 aromatic heterocycles. The van der Waals surface area contributed by atoms with Gasteiger partial charge in [0.25, 0.3) is 0 Å². The summed E-state index contributed by atoms with van der Waals surface area (Å²) in [5, 5.41) is 11.8. The summed E-state index contributed by atoms with van der Waals surface area (Å²) in [7, 11) is 5.89. The van der Waals surface area contributed by atoms with E-state index in [1.165, 1.54) is 19.3 Å². The topological polar surface area (TPSA) is 111 Å². The number of esters is 2. The van der Waals surface area contributed by atoms with Crippen molar-refractivity contribution in [1.82, 2.24) is 0 Å². The number of carbonyl (C=O) groups is 3. The van der Waals surface area contributed by atoms with Gasteiger partial charge in [-0.25, -0.2) is 0 Å². The lowest BCUT2D eigenvalue weighted by atomic mass is 10.1. The largest absolute Gasteiger partial charge is 0.545 e. The van der Waals surface area contributed by atoms with Crippen LogP contribution in [-0.4, -0.2) is 82.3 Å². The third kappa shape index (κ3) is 61.9. The molecule has 0 rings (SSSR count). The fraction of sp³-hybridized carbons (Fsp3) is 0.542. The summed E-state index contributed by atoms with van der Waals surface area (Å²) >= 11 is 0. The van der Waals surface area contributed by atoms with Crippen LogP contribution in [-0.2, 0) is 33.3 Å². The maximum atomic E-state index is 12.9. The van der Waals surface area contributed by atoms with Crippen molar-refractivity contribution >= 4 is 17.9 Å². The number of likely N-dealkylation sites (N-methyl/N-ethyl adjacent to an activating group) is 1.